The van der Waals surface area contributed by atoms with Crippen LogP contribution >= 0.6 is 22.9 Å². The summed E-state index contributed by atoms with van der Waals surface area (Å²) in [7, 11) is 0. The van der Waals surface area contributed by atoms with E-state index in [1.54, 1.807) is 0 Å². The molecule has 0 atom stereocenters. The third kappa shape index (κ3) is 4.56. The maximum atomic E-state index is 11.6. The highest BCUT2D eigenvalue weighted by molar-refractivity contribution is 7.09. The van der Waals surface area contributed by atoms with Crippen molar-refractivity contribution in [1.29, 1.82) is 0 Å². The zero-order valence-electron chi connectivity index (χ0n) is 8.16. The van der Waals surface area contributed by atoms with Crippen LogP contribution in [0, 0.1) is 0 Å². The van der Waals surface area contributed by atoms with E-state index in [0.29, 0.717) is 22.9 Å². The van der Waals surface area contributed by atoms with Gasteiger partial charge in [-0.25, -0.2) is 9.97 Å². The van der Waals surface area contributed by atoms with Crippen LogP contribution in [0.4, 0.5) is 26.3 Å². The third-order valence-corrected chi connectivity index (χ3v) is 2.81. The molecular formula is C7H3F6N3S2. The number of thiazole rings is 1. The van der Waals surface area contributed by atoms with Gasteiger partial charge in [-0.2, -0.15) is 30.7 Å². The summed E-state index contributed by atoms with van der Waals surface area (Å²) in [5.74, 6) is 0. The zero-order valence-corrected chi connectivity index (χ0v) is 9.79. The molecule has 0 aliphatic carbocycles. The minimum absolute atomic E-state index is 0.344. The molecule has 0 radical (unpaired) electrons. The predicted octanol–water partition coefficient (Wildman–Crippen LogP) is 3.72. The first-order valence-corrected chi connectivity index (χ1v) is 5.67. The fraction of sp³-hybridized carbons (Fsp3) is 0.286. The van der Waals surface area contributed by atoms with E-state index in [-0.39, 0.29) is 0 Å². The van der Waals surface area contributed by atoms with Crippen molar-refractivity contribution in [2.24, 2.45) is 0 Å². The van der Waals surface area contributed by atoms with Crippen LogP contribution < -0.4 is 0 Å². The molecule has 2 heterocycles. The molecule has 0 aliphatic rings. The highest BCUT2D eigenvalue weighted by Crippen LogP contribution is 2.30. The minimum atomic E-state index is -4.33. The summed E-state index contributed by atoms with van der Waals surface area (Å²) in [4.78, 5) is 6.05. The second-order valence-electron chi connectivity index (χ2n) is 2.58. The summed E-state index contributed by atoms with van der Waals surface area (Å²) in [5.41, 5.74) is 0. The highest BCUT2D eigenvalue weighted by Gasteiger charge is 2.34. The van der Waals surface area contributed by atoms with Crippen LogP contribution in [0.5, 0.6) is 0 Å². The molecule has 0 spiro atoms. The lowest BCUT2D eigenvalue weighted by molar-refractivity contribution is -0.138. The molecule has 0 aliphatic heterocycles. The summed E-state index contributed by atoms with van der Waals surface area (Å²) in [6.07, 6.45) is -6.59. The van der Waals surface area contributed by atoms with Crippen LogP contribution in [0.2, 0.25) is 0 Å². The molecule has 2 aromatic heterocycles. The van der Waals surface area contributed by atoms with E-state index >= 15 is 0 Å². The average Bonchev–Trinajstić information content (AvgIpc) is 2.91. The standard InChI is InChI=1S/C4H2F3NS.C3HF3N2S/c5-4(6,7)3-8-1-2-9-3;4-3(5,6)2-7-1-8-9-2/h1-2H;1H. The van der Waals surface area contributed by atoms with Gasteiger partial charge >= 0.3 is 12.4 Å². The van der Waals surface area contributed by atoms with Gasteiger partial charge in [-0.3, -0.25) is 0 Å². The Hall–Kier alpha value is -1.23. The number of hydrogen-bond donors (Lipinski definition) is 0. The van der Waals surface area contributed by atoms with Crippen molar-refractivity contribution in [1.82, 2.24) is 14.3 Å². The van der Waals surface area contributed by atoms with E-state index in [9.17, 15) is 26.3 Å². The maximum absolute atomic E-state index is 11.6. The molecule has 0 saturated heterocycles. The number of nitrogens with zero attached hydrogens (tertiary/aromatic N) is 3. The Morgan fingerprint density at radius 1 is 0.889 bits per heavy atom. The van der Waals surface area contributed by atoms with Crippen molar-refractivity contribution in [2.45, 2.75) is 12.4 Å². The molecule has 11 heteroatoms. The summed E-state index contributed by atoms with van der Waals surface area (Å²) < 4.78 is 72.5. The lowest BCUT2D eigenvalue weighted by atomic mass is 10.7. The highest BCUT2D eigenvalue weighted by atomic mass is 32.1. The Bertz CT molecular complexity index is 402. The summed E-state index contributed by atoms with van der Waals surface area (Å²) in [6, 6.07) is 0. The smallest absolute Gasteiger partial charge is 0.241 e. The van der Waals surface area contributed by atoms with Gasteiger partial charge in [0, 0.05) is 11.6 Å². The van der Waals surface area contributed by atoms with Gasteiger partial charge in [-0.05, 0) is 11.5 Å². The normalized spacial score (nSPS) is 11.9. The molecule has 0 fully saturated rings. The van der Waals surface area contributed by atoms with Crippen molar-refractivity contribution < 1.29 is 26.3 Å². The lowest BCUT2D eigenvalue weighted by Crippen LogP contribution is -2.02. The van der Waals surface area contributed by atoms with Crippen LogP contribution in [0.3, 0.4) is 0 Å². The quantitative estimate of drug-likeness (QED) is 0.696. The lowest BCUT2D eigenvalue weighted by Gasteiger charge is -1.97. The molecule has 2 aromatic rings. The molecule has 0 aromatic carbocycles. The number of hydrogen-bond acceptors (Lipinski definition) is 5. The van der Waals surface area contributed by atoms with E-state index in [4.69, 9.17) is 0 Å². The van der Waals surface area contributed by atoms with E-state index in [1.807, 2.05) is 0 Å². The van der Waals surface area contributed by atoms with Crippen molar-refractivity contribution in [2.75, 3.05) is 0 Å². The van der Waals surface area contributed by atoms with Crippen LogP contribution in [0.1, 0.15) is 10.0 Å². The Morgan fingerprint density at radius 2 is 1.50 bits per heavy atom. The summed E-state index contributed by atoms with van der Waals surface area (Å²) in [5, 5.41) is -0.395. The van der Waals surface area contributed by atoms with Crippen molar-refractivity contribution in [3.05, 3.63) is 27.9 Å². The van der Waals surface area contributed by atoms with Gasteiger partial charge in [0.25, 0.3) is 0 Å². The molecule has 2 rings (SSSR count). The summed E-state index contributed by atoms with van der Waals surface area (Å²) >= 11 is 0.937. The molecule has 3 nitrogen and oxygen atoms in total. The van der Waals surface area contributed by atoms with Gasteiger partial charge in [0.15, 0.2) is 5.01 Å². The first kappa shape index (κ1) is 14.8. The first-order chi connectivity index (χ1) is 8.21. The van der Waals surface area contributed by atoms with Gasteiger partial charge in [0.2, 0.25) is 5.01 Å². The van der Waals surface area contributed by atoms with E-state index in [1.165, 1.54) is 5.38 Å². The largest absolute Gasteiger partial charge is 0.444 e. The summed E-state index contributed by atoms with van der Waals surface area (Å²) in [6.45, 7) is 0. The van der Waals surface area contributed by atoms with E-state index in [0.717, 1.165) is 12.5 Å². The second-order valence-corrected chi connectivity index (χ2v) is 4.25. The molecule has 0 saturated carbocycles. The number of aromatic nitrogens is 3. The van der Waals surface area contributed by atoms with Crippen LogP contribution in [-0.4, -0.2) is 14.3 Å². The van der Waals surface area contributed by atoms with Gasteiger partial charge in [-0.15, -0.1) is 11.3 Å². The Labute approximate surface area is 104 Å². The van der Waals surface area contributed by atoms with Crippen LogP contribution in [0.25, 0.3) is 0 Å². The fourth-order valence-electron chi connectivity index (χ4n) is 0.661. The molecule has 0 N–H and O–H groups in total. The Balaban J connectivity index is 0.000000180. The molecular weight excluding hydrogens is 304 g/mol. The van der Waals surface area contributed by atoms with Gasteiger partial charge < -0.3 is 0 Å². The SMILES string of the molecule is FC(F)(F)c1nccs1.FC(F)(F)c1ncns1. The Morgan fingerprint density at radius 3 is 1.72 bits per heavy atom. The van der Waals surface area contributed by atoms with Crippen molar-refractivity contribution >= 4 is 22.9 Å². The van der Waals surface area contributed by atoms with Gasteiger partial charge in [-0.1, -0.05) is 0 Å². The molecule has 0 amide bonds. The maximum Gasteiger partial charge on any atom is 0.444 e. The van der Waals surface area contributed by atoms with Crippen molar-refractivity contribution in [3.63, 3.8) is 0 Å². The topological polar surface area (TPSA) is 38.7 Å². The van der Waals surface area contributed by atoms with Crippen molar-refractivity contribution in [3.8, 4) is 0 Å². The predicted molar refractivity (Wildman–Crippen MR) is 52.0 cm³/mol. The van der Waals surface area contributed by atoms with Crippen LogP contribution in [-0.2, 0) is 12.4 Å². The Kier molecular flexibility index (Phi) is 4.62. The number of rotatable bonds is 0. The van der Waals surface area contributed by atoms with Gasteiger partial charge in [0.1, 0.15) is 6.33 Å². The fourth-order valence-corrected chi connectivity index (χ4v) is 1.56. The monoisotopic (exact) mass is 307 g/mol. The zero-order chi connectivity index (χ0) is 13.8. The molecule has 0 bridgehead atoms. The van der Waals surface area contributed by atoms with E-state index in [2.05, 4.69) is 14.3 Å². The first-order valence-electron chi connectivity index (χ1n) is 4.02. The average molecular weight is 307 g/mol. The van der Waals surface area contributed by atoms with Crippen LogP contribution in [0.15, 0.2) is 17.9 Å². The second kappa shape index (κ2) is 5.61. The molecule has 18 heavy (non-hydrogen) atoms. The molecule has 0 unspecified atom stereocenters. The van der Waals surface area contributed by atoms with E-state index < -0.39 is 22.4 Å². The number of alkyl halides is 6. The third-order valence-electron chi connectivity index (χ3n) is 1.28. The van der Waals surface area contributed by atoms with Gasteiger partial charge in [0.05, 0.1) is 0 Å². The number of halogens is 6. The minimum Gasteiger partial charge on any atom is -0.241 e. The molecule has 100 valence electrons.